The lowest BCUT2D eigenvalue weighted by Gasteiger charge is -2.28. The molecule has 1 atom stereocenters. The smallest absolute Gasteiger partial charge is 0.331 e. The lowest BCUT2D eigenvalue weighted by Crippen LogP contribution is -2.37. The lowest BCUT2D eigenvalue weighted by molar-refractivity contribution is 0.0478. The Kier molecular flexibility index (Phi) is 5.13. The normalized spacial score (nSPS) is 15.9. The molecule has 0 fully saturated rings. The zero-order valence-electron chi connectivity index (χ0n) is 19.8. The zero-order chi connectivity index (χ0) is 23.4. The van der Waals surface area contributed by atoms with Crippen LogP contribution in [0.2, 0.25) is 0 Å². The van der Waals surface area contributed by atoms with Gasteiger partial charge < -0.3 is 9.30 Å². The molecular formula is C27H29N3O3. The third kappa shape index (κ3) is 3.28. The van der Waals surface area contributed by atoms with Crippen molar-refractivity contribution in [2.75, 3.05) is 6.61 Å². The van der Waals surface area contributed by atoms with E-state index in [4.69, 9.17) is 4.74 Å². The second-order valence-corrected chi connectivity index (χ2v) is 9.26. The summed E-state index contributed by atoms with van der Waals surface area (Å²) in [7, 11) is 3.28. The van der Waals surface area contributed by atoms with Crippen LogP contribution in [0.5, 0.6) is 0 Å². The Morgan fingerprint density at radius 1 is 1.00 bits per heavy atom. The first-order chi connectivity index (χ1) is 15.8. The molecule has 0 bridgehead atoms. The minimum Gasteiger partial charge on any atom is -0.365 e. The van der Waals surface area contributed by atoms with Gasteiger partial charge in [0.2, 0.25) is 0 Å². The van der Waals surface area contributed by atoms with Crippen molar-refractivity contribution in [3.05, 3.63) is 91.8 Å². The Balaban J connectivity index is 1.87. The number of hydrogen-bond acceptors (Lipinski definition) is 3. The van der Waals surface area contributed by atoms with Crippen LogP contribution in [0, 0.1) is 6.92 Å². The van der Waals surface area contributed by atoms with Crippen LogP contribution >= 0.6 is 0 Å². The Hall–Kier alpha value is -3.38. The number of hydrogen-bond donors (Lipinski definition) is 0. The number of benzene rings is 2. The average Bonchev–Trinajstić information content (AvgIpc) is 3.17. The summed E-state index contributed by atoms with van der Waals surface area (Å²) in [5.74, 6) is 0.438. The molecule has 0 N–H and O–H groups in total. The topological polar surface area (TPSA) is 58.2 Å². The molecule has 0 amide bonds. The summed E-state index contributed by atoms with van der Waals surface area (Å²) in [6, 6.07) is 16.6. The lowest BCUT2D eigenvalue weighted by atomic mass is 9.98. The van der Waals surface area contributed by atoms with Gasteiger partial charge in [0.1, 0.15) is 6.10 Å². The van der Waals surface area contributed by atoms with Gasteiger partial charge in [-0.25, -0.2) is 4.79 Å². The fraction of sp³-hybridized carbons (Fsp3) is 0.333. The van der Waals surface area contributed by atoms with Gasteiger partial charge in [0.05, 0.1) is 28.9 Å². The molecule has 2 aromatic carbocycles. The van der Waals surface area contributed by atoms with E-state index in [1.807, 2.05) is 25.1 Å². The number of fused-ring (bicyclic) bond motifs is 3. The molecule has 0 spiro atoms. The third-order valence-electron chi connectivity index (χ3n) is 6.75. The largest absolute Gasteiger partial charge is 0.365 e. The van der Waals surface area contributed by atoms with Gasteiger partial charge in [0, 0.05) is 20.6 Å². The molecule has 33 heavy (non-hydrogen) atoms. The molecule has 4 aromatic rings. The predicted octanol–water partition coefficient (Wildman–Crippen LogP) is 4.26. The highest BCUT2D eigenvalue weighted by Crippen LogP contribution is 2.40. The average molecular weight is 444 g/mol. The summed E-state index contributed by atoms with van der Waals surface area (Å²) in [6.07, 6.45) is -0.362. The van der Waals surface area contributed by atoms with Crippen LogP contribution in [0.3, 0.4) is 0 Å². The van der Waals surface area contributed by atoms with E-state index in [-0.39, 0.29) is 17.4 Å². The molecule has 1 aliphatic heterocycles. The van der Waals surface area contributed by atoms with Crippen molar-refractivity contribution < 1.29 is 4.74 Å². The molecule has 0 saturated heterocycles. The SMILES string of the molecule is Cc1cccc(-c2c3c(=O)n(C)c(=O)n(C)c3c3n2CCOC3c2ccc(C(C)C)cc2)c1. The molecule has 170 valence electrons. The van der Waals surface area contributed by atoms with Gasteiger partial charge in [-0.1, -0.05) is 61.9 Å². The minimum absolute atomic E-state index is 0.277. The summed E-state index contributed by atoms with van der Waals surface area (Å²) in [5.41, 5.74) is 6.12. The van der Waals surface area contributed by atoms with E-state index >= 15 is 0 Å². The van der Waals surface area contributed by atoms with Gasteiger partial charge in [0.15, 0.2) is 0 Å². The fourth-order valence-corrected chi connectivity index (χ4v) is 4.98. The summed E-state index contributed by atoms with van der Waals surface area (Å²) in [5, 5.41) is 0.564. The van der Waals surface area contributed by atoms with Crippen molar-refractivity contribution in [2.24, 2.45) is 14.1 Å². The van der Waals surface area contributed by atoms with E-state index in [1.54, 1.807) is 18.7 Å². The molecule has 0 aliphatic carbocycles. The Morgan fingerprint density at radius 2 is 1.73 bits per heavy atom. The monoisotopic (exact) mass is 443 g/mol. The fourth-order valence-electron chi connectivity index (χ4n) is 4.98. The van der Waals surface area contributed by atoms with Gasteiger partial charge in [-0.15, -0.1) is 0 Å². The molecule has 3 heterocycles. The van der Waals surface area contributed by atoms with Crippen molar-refractivity contribution in [3.63, 3.8) is 0 Å². The zero-order valence-corrected chi connectivity index (χ0v) is 19.8. The standard InChI is InChI=1S/C27H29N3O3/c1-16(2)18-9-11-19(12-10-18)25-24-23-21(26(31)29(5)27(32)28(23)4)22(30(24)13-14-33-25)20-8-6-7-17(3)15-20/h6-12,15-16,25H,13-14H2,1-5H3. The van der Waals surface area contributed by atoms with Gasteiger partial charge in [-0.2, -0.15) is 0 Å². The number of nitrogens with zero attached hydrogens (tertiary/aromatic N) is 3. The number of rotatable bonds is 3. The Morgan fingerprint density at radius 3 is 2.39 bits per heavy atom. The molecule has 0 saturated carbocycles. The van der Waals surface area contributed by atoms with E-state index in [9.17, 15) is 9.59 Å². The summed E-state index contributed by atoms with van der Waals surface area (Å²) >= 11 is 0. The number of ether oxygens (including phenoxy) is 1. The summed E-state index contributed by atoms with van der Waals surface area (Å²) in [6.45, 7) is 7.53. The van der Waals surface area contributed by atoms with Crippen molar-refractivity contribution in [1.29, 1.82) is 0 Å². The number of aromatic nitrogens is 3. The second kappa shape index (κ2) is 7.89. The highest BCUT2D eigenvalue weighted by Gasteiger charge is 2.33. The van der Waals surface area contributed by atoms with Crippen LogP contribution < -0.4 is 11.2 Å². The molecule has 6 nitrogen and oxygen atoms in total. The van der Waals surface area contributed by atoms with Crippen LogP contribution in [-0.2, 0) is 25.4 Å². The van der Waals surface area contributed by atoms with Crippen molar-refractivity contribution >= 4 is 10.9 Å². The van der Waals surface area contributed by atoms with E-state index in [1.165, 1.54) is 10.1 Å². The maximum absolute atomic E-state index is 13.5. The quantitative estimate of drug-likeness (QED) is 0.476. The first-order valence-corrected chi connectivity index (χ1v) is 11.4. The Labute approximate surface area is 192 Å². The van der Waals surface area contributed by atoms with Crippen LogP contribution in [-0.4, -0.2) is 20.3 Å². The highest BCUT2D eigenvalue weighted by molar-refractivity contribution is 5.96. The van der Waals surface area contributed by atoms with Gasteiger partial charge in [-0.05, 0) is 35.6 Å². The number of aryl methyl sites for hydroxylation is 2. The predicted molar refractivity (Wildman–Crippen MR) is 131 cm³/mol. The van der Waals surface area contributed by atoms with Crippen LogP contribution in [0.15, 0.2) is 58.1 Å². The van der Waals surface area contributed by atoms with E-state index < -0.39 is 0 Å². The van der Waals surface area contributed by atoms with Crippen LogP contribution in [0.1, 0.15) is 48.3 Å². The minimum atomic E-state index is -0.362. The van der Waals surface area contributed by atoms with Gasteiger partial charge in [0.25, 0.3) is 5.56 Å². The maximum atomic E-state index is 13.5. The van der Waals surface area contributed by atoms with E-state index in [0.29, 0.717) is 30.0 Å². The van der Waals surface area contributed by atoms with Gasteiger partial charge in [-0.3, -0.25) is 13.9 Å². The molecule has 6 heteroatoms. The first-order valence-electron chi connectivity index (χ1n) is 11.4. The molecule has 1 unspecified atom stereocenters. The molecule has 1 aliphatic rings. The van der Waals surface area contributed by atoms with E-state index in [2.05, 4.69) is 48.7 Å². The third-order valence-corrected chi connectivity index (χ3v) is 6.75. The second-order valence-electron chi connectivity index (χ2n) is 9.26. The van der Waals surface area contributed by atoms with Crippen molar-refractivity contribution in [1.82, 2.24) is 13.7 Å². The maximum Gasteiger partial charge on any atom is 0.331 e. The van der Waals surface area contributed by atoms with Crippen molar-refractivity contribution in [2.45, 2.75) is 39.3 Å². The molecule has 2 aromatic heterocycles. The van der Waals surface area contributed by atoms with Crippen LogP contribution in [0.25, 0.3) is 22.2 Å². The van der Waals surface area contributed by atoms with Crippen molar-refractivity contribution in [3.8, 4) is 11.3 Å². The Bertz CT molecular complexity index is 1490. The van der Waals surface area contributed by atoms with Gasteiger partial charge >= 0.3 is 5.69 Å². The molecular weight excluding hydrogens is 414 g/mol. The summed E-state index contributed by atoms with van der Waals surface area (Å²) < 4.78 is 11.3. The molecule has 0 radical (unpaired) electrons. The van der Waals surface area contributed by atoms with Crippen LogP contribution in [0.4, 0.5) is 0 Å². The first kappa shape index (κ1) is 21.5. The summed E-state index contributed by atoms with van der Waals surface area (Å²) in [4.78, 5) is 26.4. The van der Waals surface area contributed by atoms with E-state index in [0.717, 1.165) is 28.1 Å². The molecule has 5 rings (SSSR count). The highest BCUT2D eigenvalue weighted by atomic mass is 16.5.